The van der Waals surface area contributed by atoms with Crippen LogP contribution in [0.2, 0.25) is 5.02 Å². The van der Waals surface area contributed by atoms with E-state index < -0.39 is 0 Å². The van der Waals surface area contributed by atoms with Gasteiger partial charge in [-0.2, -0.15) is 0 Å². The first-order valence-electron chi connectivity index (χ1n) is 6.22. The number of hydrogen-bond acceptors (Lipinski definition) is 4. The molecule has 1 aromatic carbocycles. The molecule has 0 aliphatic heterocycles. The lowest BCUT2D eigenvalue weighted by molar-refractivity contribution is 0.231. The largest absolute Gasteiger partial charge is 0.491 e. The Morgan fingerprint density at radius 3 is 2.95 bits per heavy atom. The second-order valence-electron chi connectivity index (χ2n) is 4.69. The zero-order chi connectivity index (χ0) is 13.8. The van der Waals surface area contributed by atoms with Crippen molar-refractivity contribution in [1.82, 2.24) is 4.90 Å². The number of amidine groups is 1. The van der Waals surface area contributed by atoms with Gasteiger partial charge in [0.05, 0.1) is 5.56 Å². The zero-order valence-electron chi connectivity index (χ0n) is 10.8. The molecule has 0 aromatic heterocycles. The Morgan fingerprint density at radius 2 is 2.32 bits per heavy atom. The van der Waals surface area contributed by atoms with Gasteiger partial charge < -0.3 is 20.6 Å². The van der Waals surface area contributed by atoms with Crippen LogP contribution in [0.1, 0.15) is 18.4 Å². The van der Waals surface area contributed by atoms with Gasteiger partial charge in [0.2, 0.25) is 0 Å². The first-order chi connectivity index (χ1) is 9.11. The summed E-state index contributed by atoms with van der Waals surface area (Å²) in [6, 6.07) is 5.73. The highest BCUT2D eigenvalue weighted by atomic mass is 35.5. The maximum atomic E-state index is 8.74. The SMILES string of the molecule is CN(CCOc1cc(Cl)ccc1/C(N)=N/O)C1CC1. The molecule has 0 saturated heterocycles. The molecule has 1 aromatic rings. The lowest BCUT2D eigenvalue weighted by Gasteiger charge is -2.17. The number of ether oxygens (including phenoxy) is 1. The van der Waals surface area contributed by atoms with Crippen LogP contribution >= 0.6 is 11.6 Å². The molecule has 0 spiro atoms. The number of benzene rings is 1. The van der Waals surface area contributed by atoms with Gasteiger partial charge in [0.25, 0.3) is 0 Å². The lowest BCUT2D eigenvalue weighted by Crippen LogP contribution is -2.26. The number of halogens is 1. The van der Waals surface area contributed by atoms with E-state index in [1.165, 1.54) is 12.8 Å². The van der Waals surface area contributed by atoms with Crippen LogP contribution in [-0.2, 0) is 0 Å². The molecule has 0 unspecified atom stereocenters. The molecule has 3 N–H and O–H groups in total. The van der Waals surface area contributed by atoms with E-state index in [9.17, 15) is 0 Å². The molecule has 0 atom stereocenters. The minimum Gasteiger partial charge on any atom is -0.491 e. The third-order valence-corrected chi connectivity index (χ3v) is 3.43. The maximum absolute atomic E-state index is 8.74. The molecule has 6 heteroatoms. The van der Waals surface area contributed by atoms with E-state index >= 15 is 0 Å². The van der Waals surface area contributed by atoms with E-state index in [0.29, 0.717) is 29.0 Å². The van der Waals surface area contributed by atoms with Crippen molar-refractivity contribution in [3.8, 4) is 5.75 Å². The fourth-order valence-electron chi connectivity index (χ4n) is 1.88. The molecule has 1 aliphatic carbocycles. The van der Waals surface area contributed by atoms with Gasteiger partial charge >= 0.3 is 0 Å². The number of hydrogen-bond donors (Lipinski definition) is 2. The highest BCUT2D eigenvalue weighted by Gasteiger charge is 2.25. The minimum atomic E-state index is 0.0159. The predicted octanol–water partition coefficient (Wildman–Crippen LogP) is 1.91. The Hall–Kier alpha value is -1.46. The van der Waals surface area contributed by atoms with Crippen molar-refractivity contribution >= 4 is 17.4 Å². The topological polar surface area (TPSA) is 71.1 Å². The molecule has 0 amide bonds. The lowest BCUT2D eigenvalue weighted by atomic mass is 10.2. The van der Waals surface area contributed by atoms with Crippen LogP contribution in [-0.4, -0.2) is 42.2 Å². The normalized spacial score (nSPS) is 15.8. The summed E-state index contributed by atoms with van der Waals surface area (Å²) in [5.74, 6) is 0.550. The number of likely N-dealkylation sites (N-methyl/N-ethyl adjacent to an activating group) is 1. The number of nitrogens with two attached hydrogens (primary N) is 1. The Bertz CT molecular complexity index is 475. The fraction of sp³-hybridized carbons (Fsp3) is 0.462. The molecule has 0 bridgehead atoms. The van der Waals surface area contributed by atoms with Crippen molar-refractivity contribution in [2.75, 3.05) is 20.2 Å². The van der Waals surface area contributed by atoms with Crippen molar-refractivity contribution in [3.63, 3.8) is 0 Å². The van der Waals surface area contributed by atoms with Crippen LogP contribution in [0.5, 0.6) is 5.75 Å². The highest BCUT2D eigenvalue weighted by molar-refractivity contribution is 6.30. The average molecular weight is 284 g/mol. The van der Waals surface area contributed by atoms with E-state index in [0.717, 1.165) is 6.54 Å². The minimum absolute atomic E-state index is 0.0159. The predicted molar refractivity (Wildman–Crippen MR) is 75.1 cm³/mol. The summed E-state index contributed by atoms with van der Waals surface area (Å²) < 4.78 is 5.69. The molecule has 1 saturated carbocycles. The molecule has 104 valence electrons. The molecular weight excluding hydrogens is 266 g/mol. The summed E-state index contributed by atoms with van der Waals surface area (Å²) in [6.45, 7) is 1.38. The van der Waals surface area contributed by atoms with E-state index in [1.54, 1.807) is 18.2 Å². The van der Waals surface area contributed by atoms with E-state index in [1.807, 2.05) is 0 Å². The van der Waals surface area contributed by atoms with E-state index in [4.69, 9.17) is 27.3 Å². The van der Waals surface area contributed by atoms with Crippen LogP contribution in [0.3, 0.4) is 0 Å². The summed E-state index contributed by atoms with van der Waals surface area (Å²) in [4.78, 5) is 2.27. The van der Waals surface area contributed by atoms with Gasteiger partial charge in [-0.05, 0) is 38.1 Å². The smallest absolute Gasteiger partial charge is 0.173 e. The Balaban J connectivity index is 1.99. The van der Waals surface area contributed by atoms with Gasteiger partial charge in [0.1, 0.15) is 12.4 Å². The summed E-state index contributed by atoms with van der Waals surface area (Å²) in [5.41, 5.74) is 6.14. The van der Waals surface area contributed by atoms with Crippen LogP contribution in [0.15, 0.2) is 23.4 Å². The van der Waals surface area contributed by atoms with Gasteiger partial charge in [0, 0.05) is 17.6 Å². The van der Waals surface area contributed by atoms with Gasteiger partial charge in [-0.1, -0.05) is 16.8 Å². The fourth-order valence-corrected chi connectivity index (χ4v) is 2.04. The van der Waals surface area contributed by atoms with Crippen LogP contribution < -0.4 is 10.5 Å². The molecule has 1 aliphatic rings. The number of nitrogens with zero attached hydrogens (tertiary/aromatic N) is 2. The second kappa shape index (κ2) is 6.12. The standard InChI is InChI=1S/C13H18ClN3O2/c1-17(10-3-4-10)6-7-19-12-8-9(14)2-5-11(12)13(15)16-18/h2,5,8,10,18H,3-4,6-7H2,1H3,(H2,15,16). The number of oxime groups is 1. The summed E-state index contributed by atoms with van der Waals surface area (Å²) in [5, 5.41) is 12.3. The van der Waals surface area contributed by atoms with Crippen molar-refractivity contribution in [2.24, 2.45) is 10.9 Å². The quantitative estimate of drug-likeness (QED) is 0.362. The maximum Gasteiger partial charge on any atom is 0.173 e. The molecule has 0 radical (unpaired) electrons. The molecule has 0 heterocycles. The van der Waals surface area contributed by atoms with Crippen LogP contribution in [0.4, 0.5) is 0 Å². The summed E-state index contributed by atoms with van der Waals surface area (Å²) in [7, 11) is 2.09. The van der Waals surface area contributed by atoms with E-state index in [2.05, 4.69) is 17.1 Å². The monoisotopic (exact) mass is 283 g/mol. The average Bonchev–Trinajstić information content (AvgIpc) is 3.22. The van der Waals surface area contributed by atoms with Crippen LogP contribution in [0.25, 0.3) is 0 Å². The highest BCUT2D eigenvalue weighted by Crippen LogP contribution is 2.26. The summed E-state index contributed by atoms with van der Waals surface area (Å²) in [6.07, 6.45) is 2.53. The Labute approximate surface area is 117 Å². The van der Waals surface area contributed by atoms with E-state index in [-0.39, 0.29) is 5.84 Å². The molecule has 19 heavy (non-hydrogen) atoms. The molecule has 5 nitrogen and oxygen atoms in total. The summed E-state index contributed by atoms with van der Waals surface area (Å²) >= 11 is 5.93. The molecular formula is C13H18ClN3O2. The Kier molecular flexibility index (Phi) is 4.50. The van der Waals surface area contributed by atoms with Crippen LogP contribution in [0, 0.1) is 0 Å². The van der Waals surface area contributed by atoms with Crippen molar-refractivity contribution in [2.45, 2.75) is 18.9 Å². The number of rotatable bonds is 6. The van der Waals surface area contributed by atoms with Gasteiger partial charge in [-0.25, -0.2) is 0 Å². The second-order valence-corrected chi connectivity index (χ2v) is 5.12. The van der Waals surface area contributed by atoms with Gasteiger partial charge in [0.15, 0.2) is 5.84 Å². The van der Waals surface area contributed by atoms with Gasteiger partial charge in [-0.15, -0.1) is 0 Å². The first kappa shape index (κ1) is 14.0. The zero-order valence-corrected chi connectivity index (χ0v) is 11.6. The van der Waals surface area contributed by atoms with Crippen molar-refractivity contribution in [3.05, 3.63) is 28.8 Å². The molecule has 1 fully saturated rings. The van der Waals surface area contributed by atoms with Crippen molar-refractivity contribution < 1.29 is 9.94 Å². The Morgan fingerprint density at radius 1 is 1.58 bits per heavy atom. The molecule has 2 rings (SSSR count). The third kappa shape index (κ3) is 3.75. The van der Waals surface area contributed by atoms with Crippen molar-refractivity contribution in [1.29, 1.82) is 0 Å². The van der Waals surface area contributed by atoms with Gasteiger partial charge in [-0.3, -0.25) is 0 Å². The third-order valence-electron chi connectivity index (χ3n) is 3.20. The first-order valence-corrected chi connectivity index (χ1v) is 6.60.